The predicted octanol–water partition coefficient (Wildman–Crippen LogP) is 4.94. The molecule has 1 amide bonds. The number of ether oxygens (including phenoxy) is 1. The van der Waals surface area contributed by atoms with Gasteiger partial charge in [-0.15, -0.1) is 0 Å². The largest absolute Gasteiger partial charge is 0.497 e. The maximum atomic E-state index is 12.6. The van der Waals surface area contributed by atoms with Crippen LogP contribution in [0.25, 0.3) is 0 Å². The molecule has 0 aliphatic rings. The van der Waals surface area contributed by atoms with Gasteiger partial charge in [0, 0.05) is 18.6 Å². The first-order chi connectivity index (χ1) is 15.4. The number of carbonyl (C=O) groups is 1. The third-order valence-electron chi connectivity index (χ3n) is 5.88. The summed E-state index contributed by atoms with van der Waals surface area (Å²) in [7, 11) is 1.68. The van der Waals surface area contributed by atoms with Crippen LogP contribution < -0.4 is 10.1 Å². The highest BCUT2D eigenvalue weighted by Gasteiger charge is 2.17. The molecule has 2 rings (SSSR count). The topological polar surface area (TPSA) is 58.0 Å². The van der Waals surface area contributed by atoms with Gasteiger partial charge in [0.2, 0.25) is 0 Å². The molecule has 6 nitrogen and oxygen atoms in total. The normalized spacial score (nSPS) is 12.5. The Morgan fingerprint density at radius 1 is 1.09 bits per heavy atom. The first-order valence-electron chi connectivity index (χ1n) is 11.8. The number of hydrogen-bond acceptors (Lipinski definition) is 5. The summed E-state index contributed by atoms with van der Waals surface area (Å²) in [6, 6.07) is 12.2. The summed E-state index contributed by atoms with van der Waals surface area (Å²) >= 11 is 0. The third-order valence-corrected chi connectivity index (χ3v) is 5.88. The number of methoxy groups -OCH3 is 1. The standard InChI is InChI=1S/C26H41N3O3/c1-7-28(8-2)16-10-11-21(5)27-26(30)25-15-14-24(32-25)19-29(20(3)4)18-22-12-9-13-23(17-22)31-6/h9,12-15,17,20-21H,7-8,10-11,16,18-19H2,1-6H3,(H,27,30). The van der Waals surface area contributed by atoms with Crippen LogP contribution in [0.15, 0.2) is 40.8 Å². The van der Waals surface area contributed by atoms with Crippen molar-refractivity contribution in [3.8, 4) is 5.75 Å². The van der Waals surface area contributed by atoms with Gasteiger partial charge in [0.05, 0.1) is 13.7 Å². The minimum atomic E-state index is -0.143. The molecule has 0 spiro atoms. The smallest absolute Gasteiger partial charge is 0.287 e. The second-order valence-electron chi connectivity index (χ2n) is 8.66. The van der Waals surface area contributed by atoms with Crippen LogP contribution in [0.4, 0.5) is 0 Å². The van der Waals surface area contributed by atoms with E-state index >= 15 is 0 Å². The fourth-order valence-electron chi connectivity index (χ4n) is 3.74. The van der Waals surface area contributed by atoms with E-state index in [-0.39, 0.29) is 11.9 Å². The Morgan fingerprint density at radius 3 is 2.50 bits per heavy atom. The number of amides is 1. The number of furan rings is 1. The maximum absolute atomic E-state index is 12.6. The van der Waals surface area contributed by atoms with Crippen LogP contribution in [0.2, 0.25) is 0 Å². The second kappa shape index (κ2) is 13.3. The lowest BCUT2D eigenvalue weighted by Crippen LogP contribution is -2.33. The number of rotatable bonds is 14. The Bertz CT molecular complexity index is 814. The minimum Gasteiger partial charge on any atom is -0.497 e. The molecule has 0 bridgehead atoms. The highest BCUT2D eigenvalue weighted by molar-refractivity contribution is 5.91. The van der Waals surface area contributed by atoms with E-state index in [0.29, 0.717) is 18.3 Å². The number of nitrogens with one attached hydrogen (secondary N) is 1. The van der Waals surface area contributed by atoms with E-state index in [1.807, 2.05) is 18.2 Å². The predicted molar refractivity (Wildman–Crippen MR) is 130 cm³/mol. The van der Waals surface area contributed by atoms with Crippen LogP contribution in [-0.2, 0) is 13.1 Å². The number of hydrogen-bond donors (Lipinski definition) is 1. The molecule has 0 aliphatic carbocycles. The third kappa shape index (κ3) is 8.32. The summed E-state index contributed by atoms with van der Waals surface area (Å²) in [4.78, 5) is 17.3. The van der Waals surface area contributed by atoms with Crippen LogP contribution in [0.1, 0.15) is 69.3 Å². The minimum absolute atomic E-state index is 0.117. The van der Waals surface area contributed by atoms with Gasteiger partial charge in [-0.25, -0.2) is 0 Å². The molecular weight excluding hydrogens is 402 g/mol. The summed E-state index contributed by atoms with van der Waals surface area (Å²) in [5, 5.41) is 3.07. The van der Waals surface area contributed by atoms with Crippen molar-refractivity contribution in [2.75, 3.05) is 26.7 Å². The summed E-state index contributed by atoms with van der Waals surface area (Å²) < 4.78 is 11.2. The van der Waals surface area contributed by atoms with Crippen LogP contribution in [0.3, 0.4) is 0 Å². The van der Waals surface area contributed by atoms with Crippen molar-refractivity contribution >= 4 is 5.91 Å². The molecule has 32 heavy (non-hydrogen) atoms. The second-order valence-corrected chi connectivity index (χ2v) is 8.66. The first-order valence-corrected chi connectivity index (χ1v) is 11.8. The van der Waals surface area contributed by atoms with E-state index in [1.54, 1.807) is 13.2 Å². The molecule has 0 fully saturated rings. The van der Waals surface area contributed by atoms with E-state index in [1.165, 1.54) is 5.56 Å². The molecule has 6 heteroatoms. The monoisotopic (exact) mass is 443 g/mol. The lowest BCUT2D eigenvalue weighted by molar-refractivity contribution is 0.0903. The van der Waals surface area contributed by atoms with Crippen molar-refractivity contribution in [2.45, 2.75) is 72.6 Å². The Hall–Kier alpha value is -2.31. The van der Waals surface area contributed by atoms with Crippen LogP contribution in [0, 0.1) is 0 Å². The Kier molecular flexibility index (Phi) is 10.8. The zero-order valence-electron chi connectivity index (χ0n) is 20.7. The van der Waals surface area contributed by atoms with Crippen molar-refractivity contribution in [1.29, 1.82) is 0 Å². The average Bonchev–Trinajstić information content (AvgIpc) is 3.25. The molecule has 1 atom stereocenters. The van der Waals surface area contributed by atoms with Gasteiger partial charge in [-0.1, -0.05) is 26.0 Å². The number of benzene rings is 1. The summed E-state index contributed by atoms with van der Waals surface area (Å²) in [6.07, 6.45) is 2.03. The molecule has 0 saturated heterocycles. The molecular formula is C26H41N3O3. The van der Waals surface area contributed by atoms with E-state index in [0.717, 1.165) is 50.5 Å². The molecule has 0 saturated carbocycles. The van der Waals surface area contributed by atoms with Crippen molar-refractivity contribution in [3.63, 3.8) is 0 Å². The van der Waals surface area contributed by atoms with Crippen molar-refractivity contribution in [1.82, 2.24) is 15.1 Å². The Labute approximate surface area is 193 Å². The fourth-order valence-corrected chi connectivity index (χ4v) is 3.74. The molecule has 0 radical (unpaired) electrons. The molecule has 0 aliphatic heterocycles. The molecule has 2 aromatic rings. The average molecular weight is 444 g/mol. The Morgan fingerprint density at radius 2 is 1.84 bits per heavy atom. The van der Waals surface area contributed by atoms with Gasteiger partial charge in [-0.05, 0) is 83.1 Å². The summed E-state index contributed by atoms with van der Waals surface area (Å²) in [5.41, 5.74) is 1.18. The molecule has 1 aromatic heterocycles. The van der Waals surface area contributed by atoms with E-state index in [4.69, 9.17) is 9.15 Å². The van der Waals surface area contributed by atoms with Crippen molar-refractivity contribution < 1.29 is 13.9 Å². The highest BCUT2D eigenvalue weighted by Crippen LogP contribution is 2.19. The van der Waals surface area contributed by atoms with Gasteiger partial charge in [0.1, 0.15) is 11.5 Å². The fraction of sp³-hybridized carbons (Fsp3) is 0.577. The quantitative estimate of drug-likeness (QED) is 0.448. The van der Waals surface area contributed by atoms with E-state index in [9.17, 15) is 4.79 Å². The summed E-state index contributed by atoms with van der Waals surface area (Å²) in [6.45, 7) is 15.4. The SMILES string of the molecule is CCN(CC)CCCC(C)NC(=O)c1ccc(CN(Cc2cccc(OC)c2)C(C)C)o1. The number of carbonyl (C=O) groups excluding carboxylic acids is 1. The van der Waals surface area contributed by atoms with Crippen molar-refractivity contribution in [2.24, 2.45) is 0 Å². The lowest BCUT2D eigenvalue weighted by atomic mass is 10.1. The molecule has 178 valence electrons. The molecule has 1 N–H and O–H groups in total. The number of nitrogens with zero attached hydrogens (tertiary/aromatic N) is 2. The lowest BCUT2D eigenvalue weighted by Gasteiger charge is -2.25. The van der Waals surface area contributed by atoms with Gasteiger partial charge in [0.15, 0.2) is 5.76 Å². The zero-order valence-corrected chi connectivity index (χ0v) is 20.7. The zero-order chi connectivity index (χ0) is 23.5. The first kappa shape index (κ1) is 25.9. The van der Waals surface area contributed by atoms with E-state index < -0.39 is 0 Å². The van der Waals surface area contributed by atoms with Gasteiger partial charge >= 0.3 is 0 Å². The molecule has 1 unspecified atom stereocenters. The maximum Gasteiger partial charge on any atom is 0.287 e. The van der Waals surface area contributed by atoms with Crippen LogP contribution >= 0.6 is 0 Å². The van der Waals surface area contributed by atoms with Crippen LogP contribution in [-0.4, -0.2) is 54.5 Å². The van der Waals surface area contributed by atoms with E-state index in [2.05, 4.69) is 61.9 Å². The van der Waals surface area contributed by atoms with Crippen molar-refractivity contribution in [3.05, 3.63) is 53.5 Å². The van der Waals surface area contributed by atoms with Crippen LogP contribution in [0.5, 0.6) is 5.75 Å². The summed E-state index contributed by atoms with van der Waals surface area (Å²) in [5.74, 6) is 1.88. The van der Waals surface area contributed by atoms with Gasteiger partial charge in [0.25, 0.3) is 5.91 Å². The highest BCUT2D eigenvalue weighted by atomic mass is 16.5. The van der Waals surface area contributed by atoms with Gasteiger partial charge in [-0.2, -0.15) is 0 Å². The molecule has 1 heterocycles. The Balaban J connectivity index is 1.89. The molecule has 1 aromatic carbocycles. The van der Waals surface area contributed by atoms with Gasteiger partial charge < -0.3 is 19.4 Å². The van der Waals surface area contributed by atoms with Gasteiger partial charge in [-0.3, -0.25) is 9.69 Å².